The van der Waals surface area contributed by atoms with Gasteiger partial charge in [0.05, 0.1) is 5.75 Å². The first-order chi connectivity index (χ1) is 6.29. The first-order valence-corrected chi connectivity index (χ1v) is 4.85. The Hall–Kier alpha value is -1.01. The molecule has 1 aliphatic heterocycles. The van der Waals surface area contributed by atoms with Gasteiger partial charge in [-0.1, -0.05) is 24.0 Å². The van der Waals surface area contributed by atoms with Crippen LogP contribution in [0.2, 0.25) is 0 Å². The Bertz CT molecular complexity index is 250. The fraction of sp³-hybridized carbons (Fsp3) is 0.143. The highest BCUT2D eigenvalue weighted by Gasteiger charge is 2.13. The Kier molecular flexibility index (Phi) is 4.34. The Morgan fingerprint density at radius 3 is 2.31 bits per heavy atom. The number of thioether (sulfide) groups is 1. The second-order valence-corrected chi connectivity index (χ2v) is 3.68. The Labute approximate surface area is 85.2 Å². The van der Waals surface area contributed by atoms with Crippen LogP contribution in [0.5, 0.6) is 0 Å². The normalized spacial score (nSPS) is 14.5. The standard InChI is InChI=1S/C4H4N2.C3H3NOS2/c1-2-5-4-6-3-1;5-2-1-7-3(6)4-2/h1-4H;1H2,(H,4,5,6). The summed E-state index contributed by atoms with van der Waals surface area (Å²) in [6.45, 7) is 0. The number of thiocarbonyl (C=S) groups is 1. The summed E-state index contributed by atoms with van der Waals surface area (Å²) < 4.78 is 0.602. The summed E-state index contributed by atoms with van der Waals surface area (Å²) in [5, 5.41) is 2.47. The van der Waals surface area contributed by atoms with Crippen LogP contribution in [0.1, 0.15) is 0 Å². The topological polar surface area (TPSA) is 54.9 Å². The van der Waals surface area contributed by atoms with Crippen LogP contribution in [-0.2, 0) is 4.79 Å². The number of carbonyl (C=O) groups excluding carboxylic acids is 1. The van der Waals surface area contributed by atoms with Crippen LogP contribution in [-0.4, -0.2) is 25.9 Å². The highest BCUT2D eigenvalue weighted by atomic mass is 32.2. The minimum Gasteiger partial charge on any atom is -0.311 e. The maximum Gasteiger partial charge on any atom is 0.235 e. The van der Waals surface area contributed by atoms with E-state index in [9.17, 15) is 4.79 Å². The molecule has 68 valence electrons. The number of rotatable bonds is 0. The van der Waals surface area contributed by atoms with Gasteiger partial charge in [0.15, 0.2) is 0 Å². The first kappa shape index (κ1) is 10.1. The second-order valence-electron chi connectivity index (χ2n) is 2.03. The van der Waals surface area contributed by atoms with Gasteiger partial charge in [0.1, 0.15) is 10.6 Å². The SMILES string of the molecule is O=C1CSC(=S)N1.c1cncnc1. The zero-order valence-corrected chi connectivity index (χ0v) is 8.27. The van der Waals surface area contributed by atoms with E-state index in [4.69, 9.17) is 0 Å². The van der Waals surface area contributed by atoms with Crippen LogP contribution in [0.25, 0.3) is 0 Å². The van der Waals surface area contributed by atoms with Crippen molar-refractivity contribution in [2.24, 2.45) is 0 Å². The lowest BCUT2D eigenvalue weighted by Crippen LogP contribution is -2.18. The molecule has 0 saturated carbocycles. The summed E-state index contributed by atoms with van der Waals surface area (Å²) in [5.74, 6) is 0.522. The molecule has 13 heavy (non-hydrogen) atoms. The van der Waals surface area contributed by atoms with Gasteiger partial charge in [-0.2, -0.15) is 0 Å². The molecule has 1 aliphatic rings. The van der Waals surface area contributed by atoms with E-state index in [0.29, 0.717) is 10.1 Å². The number of nitrogens with one attached hydrogen (secondary N) is 1. The fourth-order valence-corrected chi connectivity index (χ4v) is 1.38. The van der Waals surface area contributed by atoms with Gasteiger partial charge in [0.2, 0.25) is 5.91 Å². The highest BCUT2D eigenvalue weighted by Crippen LogP contribution is 2.06. The molecule has 1 aromatic heterocycles. The second kappa shape index (κ2) is 5.60. The summed E-state index contributed by atoms with van der Waals surface area (Å²) in [6.07, 6.45) is 4.88. The fourth-order valence-electron chi connectivity index (χ4n) is 0.570. The monoisotopic (exact) mass is 213 g/mol. The minimum absolute atomic E-state index is 0.0231. The van der Waals surface area contributed by atoms with Crippen LogP contribution in [0.15, 0.2) is 24.8 Å². The van der Waals surface area contributed by atoms with Gasteiger partial charge in [-0.05, 0) is 6.07 Å². The van der Waals surface area contributed by atoms with Crippen LogP contribution < -0.4 is 5.32 Å². The number of aromatic nitrogens is 2. The van der Waals surface area contributed by atoms with Crippen molar-refractivity contribution in [1.82, 2.24) is 15.3 Å². The zero-order valence-electron chi connectivity index (χ0n) is 6.64. The predicted molar refractivity (Wildman–Crippen MR) is 55.2 cm³/mol. The number of carbonyl (C=O) groups is 1. The van der Waals surface area contributed by atoms with E-state index in [1.807, 2.05) is 0 Å². The molecule has 4 nitrogen and oxygen atoms in total. The highest BCUT2D eigenvalue weighted by molar-refractivity contribution is 8.24. The number of nitrogens with zero attached hydrogens (tertiary/aromatic N) is 2. The van der Waals surface area contributed by atoms with Crippen molar-refractivity contribution in [3.05, 3.63) is 24.8 Å². The third kappa shape index (κ3) is 4.54. The van der Waals surface area contributed by atoms with Crippen LogP contribution in [0, 0.1) is 0 Å². The van der Waals surface area contributed by atoms with E-state index in [-0.39, 0.29) is 5.91 Å². The maximum atomic E-state index is 10.2. The maximum absolute atomic E-state index is 10.2. The molecule has 2 rings (SSSR count). The average Bonchev–Trinajstić information content (AvgIpc) is 2.54. The van der Waals surface area contributed by atoms with Gasteiger partial charge in [-0.15, -0.1) is 0 Å². The van der Waals surface area contributed by atoms with Gasteiger partial charge in [0.25, 0.3) is 0 Å². The number of hydrogen-bond acceptors (Lipinski definition) is 5. The van der Waals surface area contributed by atoms with E-state index in [0.717, 1.165) is 0 Å². The lowest BCUT2D eigenvalue weighted by Gasteiger charge is -1.81. The van der Waals surface area contributed by atoms with Gasteiger partial charge < -0.3 is 5.32 Å². The van der Waals surface area contributed by atoms with E-state index in [1.54, 1.807) is 18.5 Å². The zero-order chi connectivity index (χ0) is 9.52. The van der Waals surface area contributed by atoms with Gasteiger partial charge in [0, 0.05) is 12.4 Å². The average molecular weight is 213 g/mol. The Morgan fingerprint density at radius 1 is 1.46 bits per heavy atom. The smallest absolute Gasteiger partial charge is 0.235 e. The molecule has 0 aromatic carbocycles. The van der Waals surface area contributed by atoms with Gasteiger partial charge in [-0.25, -0.2) is 9.97 Å². The lowest BCUT2D eigenvalue weighted by atomic mass is 10.7. The van der Waals surface area contributed by atoms with Gasteiger partial charge in [-0.3, -0.25) is 4.79 Å². The van der Waals surface area contributed by atoms with Crippen molar-refractivity contribution >= 4 is 34.2 Å². The molecule has 1 aromatic rings. The van der Waals surface area contributed by atoms with Crippen LogP contribution in [0.4, 0.5) is 0 Å². The van der Waals surface area contributed by atoms with Crippen molar-refractivity contribution in [3.8, 4) is 0 Å². The molecule has 1 fully saturated rings. The first-order valence-electron chi connectivity index (χ1n) is 3.45. The molecule has 2 heterocycles. The molecule has 1 saturated heterocycles. The third-order valence-electron chi connectivity index (χ3n) is 1.05. The minimum atomic E-state index is 0.0231. The van der Waals surface area contributed by atoms with E-state index in [2.05, 4.69) is 27.5 Å². The van der Waals surface area contributed by atoms with E-state index >= 15 is 0 Å². The van der Waals surface area contributed by atoms with Gasteiger partial charge >= 0.3 is 0 Å². The lowest BCUT2D eigenvalue weighted by molar-refractivity contribution is -0.116. The number of hydrogen-bond donors (Lipinski definition) is 1. The van der Waals surface area contributed by atoms with Crippen LogP contribution >= 0.6 is 24.0 Å². The quantitative estimate of drug-likeness (QED) is 0.640. The summed E-state index contributed by atoms with van der Waals surface area (Å²) in [7, 11) is 0. The molecule has 1 N–H and O–H groups in total. The molecule has 0 aliphatic carbocycles. The third-order valence-corrected chi connectivity index (χ3v) is 2.28. The van der Waals surface area contributed by atoms with Crippen molar-refractivity contribution in [2.45, 2.75) is 0 Å². The molecule has 6 heteroatoms. The molecular weight excluding hydrogens is 206 g/mol. The Morgan fingerprint density at radius 2 is 2.15 bits per heavy atom. The van der Waals surface area contributed by atoms with Crippen LogP contribution in [0.3, 0.4) is 0 Å². The predicted octanol–water partition coefficient (Wildman–Crippen LogP) is 0.611. The number of amides is 1. The van der Waals surface area contributed by atoms with E-state index in [1.165, 1.54) is 18.1 Å². The largest absolute Gasteiger partial charge is 0.311 e. The molecule has 1 amide bonds. The molecule has 0 spiro atoms. The molecular formula is C7H7N3OS2. The van der Waals surface area contributed by atoms with Crippen molar-refractivity contribution in [2.75, 3.05) is 5.75 Å². The Balaban J connectivity index is 0.000000132. The summed E-state index contributed by atoms with van der Waals surface area (Å²) in [5.41, 5.74) is 0. The molecule has 0 radical (unpaired) electrons. The summed E-state index contributed by atoms with van der Waals surface area (Å²) in [4.78, 5) is 17.6. The van der Waals surface area contributed by atoms with Crippen molar-refractivity contribution < 1.29 is 4.79 Å². The summed E-state index contributed by atoms with van der Waals surface area (Å²) in [6, 6.07) is 1.78. The van der Waals surface area contributed by atoms with Crippen molar-refractivity contribution in [1.29, 1.82) is 0 Å². The van der Waals surface area contributed by atoms with E-state index < -0.39 is 0 Å². The molecule has 0 atom stereocenters. The summed E-state index contributed by atoms with van der Waals surface area (Å²) >= 11 is 6.00. The van der Waals surface area contributed by atoms with Crippen molar-refractivity contribution in [3.63, 3.8) is 0 Å². The molecule has 0 unspecified atom stereocenters. The molecule has 0 bridgehead atoms.